The zero-order chi connectivity index (χ0) is 24.6. The van der Waals surface area contributed by atoms with E-state index in [9.17, 15) is 19.2 Å². The van der Waals surface area contributed by atoms with Gasteiger partial charge in [-0.2, -0.15) is 0 Å². The Kier molecular flexibility index (Phi) is 7.62. The predicted molar refractivity (Wildman–Crippen MR) is 128 cm³/mol. The summed E-state index contributed by atoms with van der Waals surface area (Å²) in [4.78, 5) is 60.6. The van der Waals surface area contributed by atoms with E-state index in [0.29, 0.717) is 5.92 Å². The molecular weight excluding hydrogens is 434 g/mol. The Bertz CT molecular complexity index is 809. The first-order chi connectivity index (χ1) is 16.2. The van der Waals surface area contributed by atoms with Gasteiger partial charge in [0.05, 0.1) is 12.7 Å². The molecule has 0 aromatic carbocycles. The summed E-state index contributed by atoms with van der Waals surface area (Å²) < 4.78 is 0. The van der Waals surface area contributed by atoms with Crippen LogP contribution in [-0.4, -0.2) is 106 Å². The van der Waals surface area contributed by atoms with Crippen LogP contribution in [0.25, 0.3) is 0 Å². The lowest BCUT2D eigenvalue weighted by Gasteiger charge is -2.39. The Balaban J connectivity index is 1.51. The monoisotopic (exact) mass is 475 g/mol. The Morgan fingerprint density at radius 2 is 1.65 bits per heavy atom. The predicted octanol–water partition coefficient (Wildman–Crippen LogP) is 1.97. The molecule has 9 nitrogen and oxygen atoms in total. The second-order valence-corrected chi connectivity index (χ2v) is 11.0. The van der Waals surface area contributed by atoms with E-state index in [1.54, 1.807) is 0 Å². The van der Waals surface area contributed by atoms with Crippen molar-refractivity contribution in [2.75, 3.05) is 39.9 Å². The molecule has 1 aliphatic carbocycles. The van der Waals surface area contributed by atoms with Gasteiger partial charge in [0.25, 0.3) is 0 Å². The fourth-order valence-corrected chi connectivity index (χ4v) is 6.40. The van der Waals surface area contributed by atoms with Gasteiger partial charge in [0.15, 0.2) is 0 Å². The molecule has 0 spiro atoms. The van der Waals surface area contributed by atoms with Crippen LogP contribution in [0.4, 0.5) is 4.79 Å². The number of carbonyl (C=O) groups excluding carboxylic acids is 4. The Morgan fingerprint density at radius 3 is 2.29 bits per heavy atom. The standard InChI is InChI=1S/C25H41N5O4/c1-5-27-12-10-19(11-13-27)26(4)22(31)21-14-18-8-6-7-9-20(18)29(21)16-30-24(33)23(32)28(25(30)34)15-17(2)3/h17-21H,5-16H2,1-4H3/t18-,20+,21-/m0/s1. The fraction of sp³-hybridized carbons (Fsp3) is 0.840. The molecule has 3 saturated heterocycles. The number of imide groups is 2. The van der Waals surface area contributed by atoms with E-state index in [-0.39, 0.29) is 43.2 Å². The van der Waals surface area contributed by atoms with E-state index < -0.39 is 17.8 Å². The van der Waals surface area contributed by atoms with Crippen LogP contribution in [0.1, 0.15) is 65.7 Å². The Hall–Kier alpha value is -2.00. The number of likely N-dealkylation sites (N-methyl/N-ethyl adjacent to an activating group) is 1. The van der Waals surface area contributed by atoms with Crippen LogP contribution in [-0.2, 0) is 14.4 Å². The first-order valence-electron chi connectivity index (χ1n) is 13.1. The van der Waals surface area contributed by atoms with Crippen LogP contribution >= 0.6 is 0 Å². The molecule has 0 N–H and O–H groups in total. The molecule has 0 aromatic rings. The van der Waals surface area contributed by atoms with Crippen molar-refractivity contribution < 1.29 is 19.2 Å². The largest absolute Gasteiger partial charge is 0.341 e. The summed E-state index contributed by atoms with van der Waals surface area (Å²) in [5.74, 6) is -0.948. The summed E-state index contributed by atoms with van der Waals surface area (Å²) in [5.41, 5.74) is 0. The molecule has 1 saturated carbocycles. The maximum absolute atomic E-state index is 13.8. The Labute approximate surface area is 203 Å². The van der Waals surface area contributed by atoms with Crippen LogP contribution in [0, 0.1) is 11.8 Å². The van der Waals surface area contributed by atoms with Gasteiger partial charge in [0.1, 0.15) is 0 Å². The van der Waals surface area contributed by atoms with Crippen LogP contribution in [0.5, 0.6) is 0 Å². The Morgan fingerprint density at radius 1 is 1.00 bits per heavy atom. The number of hydrogen-bond acceptors (Lipinski definition) is 6. The molecule has 190 valence electrons. The average Bonchev–Trinajstić information content (AvgIpc) is 3.30. The zero-order valence-corrected chi connectivity index (χ0v) is 21.2. The normalized spacial score (nSPS) is 29.4. The van der Waals surface area contributed by atoms with Crippen molar-refractivity contribution in [2.45, 2.75) is 83.8 Å². The number of urea groups is 1. The second-order valence-electron chi connectivity index (χ2n) is 11.0. The molecule has 34 heavy (non-hydrogen) atoms. The van der Waals surface area contributed by atoms with Gasteiger partial charge in [-0.15, -0.1) is 0 Å². The molecule has 3 atom stereocenters. The summed E-state index contributed by atoms with van der Waals surface area (Å²) >= 11 is 0. The van der Waals surface area contributed by atoms with Gasteiger partial charge < -0.3 is 9.80 Å². The molecule has 9 heteroatoms. The van der Waals surface area contributed by atoms with Gasteiger partial charge in [0, 0.05) is 38.8 Å². The van der Waals surface area contributed by atoms with Gasteiger partial charge in [-0.1, -0.05) is 33.6 Å². The minimum absolute atomic E-state index is 0.0255. The van der Waals surface area contributed by atoms with E-state index >= 15 is 0 Å². The summed E-state index contributed by atoms with van der Waals surface area (Å²) in [6.45, 7) is 9.29. The van der Waals surface area contributed by atoms with Crippen molar-refractivity contribution in [2.24, 2.45) is 11.8 Å². The summed E-state index contributed by atoms with van der Waals surface area (Å²) in [6.07, 6.45) is 6.99. The van der Waals surface area contributed by atoms with Crippen molar-refractivity contribution in [3.05, 3.63) is 0 Å². The zero-order valence-electron chi connectivity index (χ0n) is 21.2. The third-order valence-electron chi connectivity index (χ3n) is 8.39. The quantitative estimate of drug-likeness (QED) is 0.414. The molecule has 0 bridgehead atoms. The van der Waals surface area contributed by atoms with Crippen LogP contribution in [0.3, 0.4) is 0 Å². The second kappa shape index (κ2) is 10.3. The van der Waals surface area contributed by atoms with Gasteiger partial charge >= 0.3 is 17.8 Å². The highest BCUT2D eigenvalue weighted by Gasteiger charge is 2.51. The maximum atomic E-state index is 13.8. The highest BCUT2D eigenvalue weighted by atomic mass is 16.2. The highest BCUT2D eigenvalue weighted by molar-refractivity contribution is 6.44. The molecule has 4 fully saturated rings. The van der Waals surface area contributed by atoms with Crippen molar-refractivity contribution in [1.29, 1.82) is 0 Å². The van der Waals surface area contributed by atoms with E-state index in [1.807, 2.05) is 25.8 Å². The average molecular weight is 476 g/mol. The number of rotatable bonds is 7. The molecule has 4 rings (SSSR count). The number of carbonyl (C=O) groups is 4. The van der Waals surface area contributed by atoms with E-state index in [0.717, 1.165) is 74.4 Å². The van der Waals surface area contributed by atoms with Crippen molar-refractivity contribution >= 4 is 23.8 Å². The van der Waals surface area contributed by atoms with Crippen molar-refractivity contribution in [3.8, 4) is 0 Å². The molecule has 3 heterocycles. The van der Waals surface area contributed by atoms with Crippen LogP contribution < -0.4 is 0 Å². The smallest absolute Gasteiger partial charge is 0.335 e. The summed E-state index contributed by atoms with van der Waals surface area (Å²) in [7, 11) is 1.91. The lowest BCUT2D eigenvalue weighted by molar-refractivity contribution is -0.145. The SMILES string of the molecule is CCN1CCC(N(C)C(=O)[C@@H]2C[C@@H]3CCCC[C@H]3N2CN2C(=O)C(=O)N(CC(C)C)C2=O)CC1. The van der Waals surface area contributed by atoms with Crippen molar-refractivity contribution in [1.82, 2.24) is 24.5 Å². The number of amides is 5. The van der Waals surface area contributed by atoms with E-state index in [2.05, 4.69) is 16.7 Å². The summed E-state index contributed by atoms with van der Waals surface area (Å²) in [5, 5.41) is 0. The maximum Gasteiger partial charge on any atom is 0.335 e. The van der Waals surface area contributed by atoms with Gasteiger partial charge in [0.2, 0.25) is 5.91 Å². The topological polar surface area (TPSA) is 84.5 Å². The molecule has 4 aliphatic rings. The molecule has 0 aromatic heterocycles. The molecule has 0 unspecified atom stereocenters. The van der Waals surface area contributed by atoms with Gasteiger partial charge in [-0.05, 0) is 50.5 Å². The lowest BCUT2D eigenvalue weighted by atomic mass is 9.84. The number of fused-ring (bicyclic) bond motifs is 1. The first-order valence-corrected chi connectivity index (χ1v) is 13.1. The van der Waals surface area contributed by atoms with Gasteiger partial charge in [-0.3, -0.25) is 24.2 Å². The number of likely N-dealkylation sites (tertiary alicyclic amines) is 2. The van der Waals surface area contributed by atoms with Crippen LogP contribution in [0.2, 0.25) is 0 Å². The van der Waals surface area contributed by atoms with E-state index in [4.69, 9.17) is 0 Å². The number of hydrogen-bond donors (Lipinski definition) is 0. The van der Waals surface area contributed by atoms with Gasteiger partial charge in [-0.25, -0.2) is 9.69 Å². The molecule has 3 aliphatic heterocycles. The minimum Gasteiger partial charge on any atom is -0.341 e. The fourth-order valence-electron chi connectivity index (χ4n) is 6.40. The summed E-state index contributed by atoms with van der Waals surface area (Å²) in [6, 6.07) is -0.502. The lowest BCUT2D eigenvalue weighted by Crippen LogP contribution is -2.55. The van der Waals surface area contributed by atoms with E-state index in [1.165, 1.54) is 0 Å². The number of nitrogens with zero attached hydrogens (tertiary/aromatic N) is 5. The first kappa shape index (κ1) is 25.1. The van der Waals surface area contributed by atoms with Crippen LogP contribution in [0.15, 0.2) is 0 Å². The third kappa shape index (κ3) is 4.73. The minimum atomic E-state index is -0.767. The third-order valence-corrected chi connectivity index (χ3v) is 8.39. The number of piperidine rings is 1. The highest BCUT2D eigenvalue weighted by Crippen LogP contribution is 2.41. The molecular formula is C25H41N5O4. The molecule has 5 amide bonds. The van der Waals surface area contributed by atoms with Crippen molar-refractivity contribution in [3.63, 3.8) is 0 Å². The molecule has 0 radical (unpaired) electrons.